The van der Waals surface area contributed by atoms with Crippen LogP contribution in [0.2, 0.25) is 0 Å². The SMILES string of the molecule is CC(C)(CN1CCNCC1)CN1CCOCC1. The summed E-state index contributed by atoms with van der Waals surface area (Å²) in [4.78, 5) is 5.14. The number of rotatable bonds is 4. The van der Waals surface area contributed by atoms with Crippen molar-refractivity contribution in [1.29, 1.82) is 0 Å². The highest BCUT2D eigenvalue weighted by molar-refractivity contribution is 4.81. The molecule has 0 spiro atoms. The second-order valence-corrected chi connectivity index (χ2v) is 6.08. The first-order valence-corrected chi connectivity index (χ1v) is 6.89. The van der Waals surface area contributed by atoms with E-state index in [1.165, 1.54) is 26.2 Å². The molecule has 0 aromatic rings. The van der Waals surface area contributed by atoms with E-state index in [0.29, 0.717) is 5.41 Å². The average molecular weight is 241 g/mol. The largest absolute Gasteiger partial charge is 0.379 e. The number of ether oxygens (including phenoxy) is 1. The van der Waals surface area contributed by atoms with Crippen molar-refractivity contribution in [3.05, 3.63) is 0 Å². The Kier molecular flexibility index (Phi) is 4.79. The van der Waals surface area contributed by atoms with Crippen LogP contribution in [0, 0.1) is 5.41 Å². The summed E-state index contributed by atoms with van der Waals surface area (Å²) >= 11 is 0. The van der Waals surface area contributed by atoms with E-state index < -0.39 is 0 Å². The molecule has 2 fully saturated rings. The lowest BCUT2D eigenvalue weighted by Gasteiger charge is -2.39. The van der Waals surface area contributed by atoms with Crippen LogP contribution in [0.3, 0.4) is 0 Å². The number of hydrogen-bond acceptors (Lipinski definition) is 4. The van der Waals surface area contributed by atoms with Crippen LogP contribution >= 0.6 is 0 Å². The van der Waals surface area contributed by atoms with Crippen LogP contribution in [0.15, 0.2) is 0 Å². The minimum absolute atomic E-state index is 0.384. The Morgan fingerprint density at radius 2 is 1.47 bits per heavy atom. The maximum atomic E-state index is 5.40. The van der Waals surface area contributed by atoms with Gasteiger partial charge in [-0.3, -0.25) is 4.90 Å². The van der Waals surface area contributed by atoms with Gasteiger partial charge in [0.15, 0.2) is 0 Å². The molecule has 0 amide bonds. The molecule has 2 aliphatic heterocycles. The fourth-order valence-electron chi connectivity index (χ4n) is 2.89. The third-order valence-electron chi connectivity index (χ3n) is 3.62. The van der Waals surface area contributed by atoms with Gasteiger partial charge in [-0.1, -0.05) is 13.8 Å². The summed E-state index contributed by atoms with van der Waals surface area (Å²) in [5, 5.41) is 3.41. The van der Waals surface area contributed by atoms with Crippen LogP contribution in [-0.2, 0) is 4.74 Å². The average Bonchev–Trinajstić information content (AvgIpc) is 2.30. The highest BCUT2D eigenvalue weighted by Crippen LogP contribution is 2.19. The summed E-state index contributed by atoms with van der Waals surface area (Å²) < 4.78 is 5.40. The van der Waals surface area contributed by atoms with Crippen LogP contribution in [0.5, 0.6) is 0 Å². The van der Waals surface area contributed by atoms with E-state index in [9.17, 15) is 0 Å². The fourth-order valence-corrected chi connectivity index (χ4v) is 2.89. The van der Waals surface area contributed by atoms with Crippen LogP contribution in [0.1, 0.15) is 13.8 Å². The van der Waals surface area contributed by atoms with Gasteiger partial charge in [-0.15, -0.1) is 0 Å². The second kappa shape index (κ2) is 6.14. The lowest BCUT2D eigenvalue weighted by atomic mass is 9.91. The van der Waals surface area contributed by atoms with E-state index in [0.717, 1.165) is 39.4 Å². The van der Waals surface area contributed by atoms with E-state index in [4.69, 9.17) is 4.74 Å². The standard InChI is InChI=1S/C13H27N3O/c1-13(2,11-15-5-3-14-4-6-15)12-16-7-9-17-10-8-16/h14H,3-12H2,1-2H3. The molecule has 2 heterocycles. The number of hydrogen-bond donors (Lipinski definition) is 1. The molecule has 4 heteroatoms. The summed E-state index contributed by atoms with van der Waals surface area (Å²) in [6.07, 6.45) is 0. The highest BCUT2D eigenvalue weighted by Gasteiger charge is 2.26. The van der Waals surface area contributed by atoms with E-state index in [2.05, 4.69) is 29.0 Å². The normalized spacial score (nSPS) is 25.1. The van der Waals surface area contributed by atoms with Crippen molar-refractivity contribution < 1.29 is 4.74 Å². The summed E-state index contributed by atoms with van der Waals surface area (Å²) in [6.45, 7) is 15.9. The Bertz CT molecular complexity index is 199. The van der Waals surface area contributed by atoms with Crippen LogP contribution in [0.25, 0.3) is 0 Å². The van der Waals surface area contributed by atoms with Crippen molar-refractivity contribution >= 4 is 0 Å². The molecule has 0 atom stereocenters. The minimum atomic E-state index is 0.384. The van der Waals surface area contributed by atoms with Gasteiger partial charge >= 0.3 is 0 Å². The molecule has 0 aromatic carbocycles. The van der Waals surface area contributed by atoms with Crippen LogP contribution in [-0.4, -0.2) is 75.4 Å². The van der Waals surface area contributed by atoms with Crippen molar-refractivity contribution in [2.75, 3.05) is 65.6 Å². The lowest BCUT2D eigenvalue weighted by Crippen LogP contribution is -2.50. The molecule has 0 aliphatic carbocycles. The Hall–Kier alpha value is -0.160. The third kappa shape index (κ3) is 4.54. The molecule has 0 unspecified atom stereocenters. The Morgan fingerprint density at radius 3 is 2.06 bits per heavy atom. The second-order valence-electron chi connectivity index (χ2n) is 6.08. The molecule has 2 aliphatic rings. The van der Waals surface area contributed by atoms with E-state index in [-0.39, 0.29) is 0 Å². The molecular formula is C13H27N3O. The molecule has 0 radical (unpaired) electrons. The van der Waals surface area contributed by atoms with Crippen molar-refractivity contribution in [3.63, 3.8) is 0 Å². The molecule has 0 saturated carbocycles. The first-order valence-electron chi connectivity index (χ1n) is 6.89. The summed E-state index contributed by atoms with van der Waals surface area (Å²) in [7, 11) is 0. The predicted octanol–water partition coefficient (Wildman–Crippen LogP) is 0.250. The van der Waals surface area contributed by atoms with Crippen molar-refractivity contribution in [2.45, 2.75) is 13.8 Å². The van der Waals surface area contributed by atoms with Crippen LogP contribution < -0.4 is 5.32 Å². The predicted molar refractivity (Wildman–Crippen MR) is 70.3 cm³/mol. The van der Waals surface area contributed by atoms with Crippen LogP contribution in [0.4, 0.5) is 0 Å². The summed E-state index contributed by atoms with van der Waals surface area (Å²) in [5.74, 6) is 0. The van der Waals surface area contributed by atoms with Gasteiger partial charge in [-0.2, -0.15) is 0 Å². The van der Waals surface area contributed by atoms with Crippen molar-refractivity contribution in [1.82, 2.24) is 15.1 Å². The third-order valence-corrected chi connectivity index (χ3v) is 3.62. The number of nitrogens with zero attached hydrogens (tertiary/aromatic N) is 2. The number of piperazine rings is 1. The maximum absolute atomic E-state index is 5.40. The maximum Gasteiger partial charge on any atom is 0.0594 e. The number of nitrogens with one attached hydrogen (secondary N) is 1. The lowest BCUT2D eigenvalue weighted by molar-refractivity contribution is 0.0143. The zero-order valence-corrected chi connectivity index (χ0v) is 11.4. The minimum Gasteiger partial charge on any atom is -0.379 e. The Labute approximate surface area is 105 Å². The van der Waals surface area contributed by atoms with Gasteiger partial charge in [0.05, 0.1) is 13.2 Å². The van der Waals surface area contributed by atoms with Gasteiger partial charge in [-0.25, -0.2) is 0 Å². The molecule has 0 aromatic heterocycles. The van der Waals surface area contributed by atoms with E-state index >= 15 is 0 Å². The van der Waals surface area contributed by atoms with E-state index in [1.54, 1.807) is 0 Å². The molecule has 0 bridgehead atoms. The van der Waals surface area contributed by atoms with Gasteiger partial charge in [0.25, 0.3) is 0 Å². The van der Waals surface area contributed by atoms with Gasteiger partial charge in [-0.05, 0) is 5.41 Å². The Balaban J connectivity index is 1.75. The smallest absolute Gasteiger partial charge is 0.0594 e. The topological polar surface area (TPSA) is 27.7 Å². The number of morpholine rings is 1. The first kappa shape index (κ1) is 13.3. The van der Waals surface area contributed by atoms with Crippen molar-refractivity contribution in [3.8, 4) is 0 Å². The van der Waals surface area contributed by atoms with Gasteiger partial charge in [0.2, 0.25) is 0 Å². The van der Waals surface area contributed by atoms with Gasteiger partial charge < -0.3 is 15.0 Å². The van der Waals surface area contributed by atoms with Crippen molar-refractivity contribution in [2.24, 2.45) is 5.41 Å². The highest BCUT2D eigenvalue weighted by atomic mass is 16.5. The zero-order chi connectivity index (χ0) is 12.1. The molecule has 2 saturated heterocycles. The van der Waals surface area contributed by atoms with Gasteiger partial charge in [0.1, 0.15) is 0 Å². The molecule has 100 valence electrons. The summed E-state index contributed by atoms with van der Waals surface area (Å²) in [5.41, 5.74) is 0.384. The van der Waals surface area contributed by atoms with Gasteiger partial charge in [0, 0.05) is 52.4 Å². The quantitative estimate of drug-likeness (QED) is 0.763. The Morgan fingerprint density at radius 1 is 0.941 bits per heavy atom. The van der Waals surface area contributed by atoms with E-state index in [1.807, 2.05) is 0 Å². The molecule has 2 rings (SSSR count). The monoisotopic (exact) mass is 241 g/mol. The first-order chi connectivity index (χ1) is 8.16. The molecule has 4 nitrogen and oxygen atoms in total. The molecule has 17 heavy (non-hydrogen) atoms. The molecule has 1 N–H and O–H groups in total. The zero-order valence-electron chi connectivity index (χ0n) is 11.4. The fraction of sp³-hybridized carbons (Fsp3) is 1.00. The summed E-state index contributed by atoms with van der Waals surface area (Å²) in [6, 6.07) is 0. The molecular weight excluding hydrogens is 214 g/mol.